The standard InChI is InChI=1S/C14H23N3O5/c18-13(19)10-16-8-11-12(9-16)22-14(20)17(11)3-1-2-15-4-6-21-7-5-15/h11-12H,1-10H2,(H,18,19)/t11-,12+/m0/s1. The van der Waals surface area contributed by atoms with Crippen molar-refractivity contribution in [1.29, 1.82) is 0 Å². The molecule has 3 rings (SSSR count). The summed E-state index contributed by atoms with van der Waals surface area (Å²) in [6, 6.07) is -0.00320. The van der Waals surface area contributed by atoms with Crippen LogP contribution in [0.15, 0.2) is 0 Å². The topological polar surface area (TPSA) is 82.5 Å². The molecule has 3 fully saturated rings. The lowest BCUT2D eigenvalue weighted by Crippen LogP contribution is -2.41. The molecule has 3 aliphatic heterocycles. The van der Waals surface area contributed by atoms with Crippen molar-refractivity contribution in [1.82, 2.24) is 14.7 Å². The van der Waals surface area contributed by atoms with Gasteiger partial charge in [-0.3, -0.25) is 14.6 Å². The fourth-order valence-electron chi connectivity index (χ4n) is 3.45. The zero-order valence-corrected chi connectivity index (χ0v) is 12.6. The molecule has 3 saturated heterocycles. The lowest BCUT2D eigenvalue weighted by atomic mass is 10.2. The van der Waals surface area contributed by atoms with E-state index in [1.54, 1.807) is 4.90 Å². The molecule has 1 amide bonds. The fraction of sp³-hybridized carbons (Fsp3) is 0.857. The Balaban J connectivity index is 1.46. The largest absolute Gasteiger partial charge is 0.480 e. The van der Waals surface area contributed by atoms with E-state index < -0.39 is 5.97 Å². The summed E-state index contributed by atoms with van der Waals surface area (Å²) < 4.78 is 10.7. The predicted octanol–water partition coefficient (Wildman–Crippen LogP) is -0.702. The Labute approximate surface area is 129 Å². The highest BCUT2D eigenvalue weighted by Gasteiger charge is 2.47. The number of nitrogens with zero attached hydrogens (tertiary/aromatic N) is 3. The van der Waals surface area contributed by atoms with Gasteiger partial charge in [-0.25, -0.2) is 4.79 Å². The van der Waals surface area contributed by atoms with Gasteiger partial charge in [0.25, 0.3) is 0 Å². The maximum absolute atomic E-state index is 11.9. The Morgan fingerprint density at radius 3 is 2.68 bits per heavy atom. The number of carboxylic acid groups (broad SMARTS) is 1. The first-order chi connectivity index (χ1) is 10.6. The van der Waals surface area contributed by atoms with Crippen molar-refractivity contribution in [3.05, 3.63) is 0 Å². The molecule has 0 saturated carbocycles. The number of fused-ring (bicyclic) bond motifs is 1. The molecule has 0 bridgehead atoms. The summed E-state index contributed by atoms with van der Waals surface area (Å²) in [6.07, 6.45) is 0.458. The normalized spacial score (nSPS) is 29.6. The highest BCUT2D eigenvalue weighted by molar-refractivity contribution is 5.72. The van der Waals surface area contributed by atoms with Gasteiger partial charge < -0.3 is 19.5 Å². The highest BCUT2D eigenvalue weighted by atomic mass is 16.6. The van der Waals surface area contributed by atoms with Gasteiger partial charge in [-0.15, -0.1) is 0 Å². The number of carbonyl (C=O) groups is 2. The smallest absolute Gasteiger partial charge is 0.410 e. The zero-order valence-electron chi connectivity index (χ0n) is 12.6. The minimum absolute atomic E-state index is 0.00320. The molecule has 0 radical (unpaired) electrons. The molecule has 22 heavy (non-hydrogen) atoms. The molecular weight excluding hydrogens is 290 g/mol. The minimum atomic E-state index is -0.842. The molecule has 8 nitrogen and oxygen atoms in total. The second kappa shape index (κ2) is 6.80. The Hall–Kier alpha value is -1.38. The van der Waals surface area contributed by atoms with Gasteiger partial charge >= 0.3 is 12.1 Å². The number of aliphatic carboxylic acids is 1. The molecule has 124 valence electrons. The number of hydrogen-bond acceptors (Lipinski definition) is 6. The van der Waals surface area contributed by atoms with E-state index in [2.05, 4.69) is 4.90 Å². The number of ether oxygens (including phenoxy) is 2. The van der Waals surface area contributed by atoms with Crippen molar-refractivity contribution in [2.45, 2.75) is 18.6 Å². The van der Waals surface area contributed by atoms with Gasteiger partial charge in [0.15, 0.2) is 0 Å². The number of amides is 1. The van der Waals surface area contributed by atoms with Crippen LogP contribution in [0.1, 0.15) is 6.42 Å². The van der Waals surface area contributed by atoms with Crippen LogP contribution in [0.3, 0.4) is 0 Å². The molecule has 3 aliphatic rings. The van der Waals surface area contributed by atoms with E-state index in [9.17, 15) is 9.59 Å². The molecule has 0 spiro atoms. The van der Waals surface area contributed by atoms with Crippen LogP contribution < -0.4 is 0 Å². The summed E-state index contributed by atoms with van der Waals surface area (Å²) in [5.41, 5.74) is 0. The van der Waals surface area contributed by atoms with E-state index in [0.717, 1.165) is 39.3 Å². The molecule has 0 aliphatic carbocycles. The van der Waals surface area contributed by atoms with E-state index in [1.165, 1.54) is 0 Å². The van der Waals surface area contributed by atoms with Crippen molar-refractivity contribution in [2.24, 2.45) is 0 Å². The van der Waals surface area contributed by atoms with E-state index >= 15 is 0 Å². The van der Waals surface area contributed by atoms with Gasteiger partial charge in [-0.2, -0.15) is 0 Å². The van der Waals surface area contributed by atoms with Gasteiger partial charge in [-0.1, -0.05) is 0 Å². The Morgan fingerprint density at radius 2 is 1.95 bits per heavy atom. The van der Waals surface area contributed by atoms with Crippen molar-refractivity contribution < 1.29 is 24.2 Å². The van der Waals surface area contributed by atoms with Crippen LogP contribution in [-0.2, 0) is 14.3 Å². The predicted molar refractivity (Wildman–Crippen MR) is 76.7 cm³/mol. The third kappa shape index (κ3) is 3.50. The first-order valence-corrected chi connectivity index (χ1v) is 7.85. The van der Waals surface area contributed by atoms with Gasteiger partial charge in [-0.05, 0) is 6.42 Å². The van der Waals surface area contributed by atoms with Gasteiger partial charge in [0.1, 0.15) is 6.10 Å². The third-order valence-electron chi connectivity index (χ3n) is 4.54. The maximum atomic E-state index is 11.9. The van der Waals surface area contributed by atoms with Crippen LogP contribution in [0, 0.1) is 0 Å². The summed E-state index contributed by atoms with van der Waals surface area (Å²) in [6.45, 7) is 6.17. The number of rotatable bonds is 6. The molecule has 0 unspecified atom stereocenters. The van der Waals surface area contributed by atoms with Crippen LogP contribution in [0.2, 0.25) is 0 Å². The van der Waals surface area contributed by atoms with Crippen LogP contribution >= 0.6 is 0 Å². The van der Waals surface area contributed by atoms with Crippen molar-refractivity contribution >= 4 is 12.1 Å². The first kappa shape index (κ1) is 15.5. The molecule has 8 heteroatoms. The zero-order chi connectivity index (χ0) is 15.5. The van der Waals surface area contributed by atoms with E-state index in [1.807, 2.05) is 4.90 Å². The quantitative estimate of drug-likeness (QED) is 0.694. The number of likely N-dealkylation sites (tertiary alicyclic amines) is 1. The summed E-state index contributed by atoms with van der Waals surface area (Å²) in [4.78, 5) is 28.7. The lowest BCUT2D eigenvalue weighted by Gasteiger charge is -2.28. The molecule has 1 N–H and O–H groups in total. The Kier molecular flexibility index (Phi) is 4.80. The SMILES string of the molecule is O=C(O)CN1C[C@H]2OC(=O)N(CCCN3CCOCC3)[C@H]2C1. The van der Waals surface area contributed by atoms with Crippen LogP contribution in [0.4, 0.5) is 4.79 Å². The second-order valence-corrected chi connectivity index (χ2v) is 6.08. The van der Waals surface area contributed by atoms with Crippen LogP contribution in [0.5, 0.6) is 0 Å². The summed E-state index contributed by atoms with van der Waals surface area (Å²) in [7, 11) is 0. The molecule has 2 atom stereocenters. The Morgan fingerprint density at radius 1 is 1.18 bits per heavy atom. The summed E-state index contributed by atoms with van der Waals surface area (Å²) >= 11 is 0. The number of carbonyl (C=O) groups excluding carboxylic acids is 1. The molecule has 0 aromatic carbocycles. The highest BCUT2D eigenvalue weighted by Crippen LogP contribution is 2.26. The van der Waals surface area contributed by atoms with Crippen LogP contribution in [0.25, 0.3) is 0 Å². The lowest BCUT2D eigenvalue weighted by molar-refractivity contribution is -0.138. The number of hydrogen-bond donors (Lipinski definition) is 1. The monoisotopic (exact) mass is 313 g/mol. The molecule has 0 aromatic heterocycles. The summed E-state index contributed by atoms with van der Waals surface area (Å²) in [5, 5.41) is 8.86. The maximum Gasteiger partial charge on any atom is 0.410 e. The minimum Gasteiger partial charge on any atom is -0.480 e. The third-order valence-corrected chi connectivity index (χ3v) is 4.54. The summed E-state index contributed by atoms with van der Waals surface area (Å²) in [5.74, 6) is -0.842. The second-order valence-electron chi connectivity index (χ2n) is 6.08. The average Bonchev–Trinajstić information content (AvgIpc) is 2.97. The average molecular weight is 313 g/mol. The van der Waals surface area contributed by atoms with Crippen molar-refractivity contribution in [3.63, 3.8) is 0 Å². The van der Waals surface area contributed by atoms with Gasteiger partial charge in [0.05, 0.1) is 25.8 Å². The van der Waals surface area contributed by atoms with Crippen molar-refractivity contribution in [2.75, 3.05) is 59.0 Å². The molecule has 0 aromatic rings. The van der Waals surface area contributed by atoms with E-state index in [-0.39, 0.29) is 24.8 Å². The first-order valence-electron chi connectivity index (χ1n) is 7.85. The van der Waals surface area contributed by atoms with Gasteiger partial charge in [0.2, 0.25) is 0 Å². The molecular formula is C14H23N3O5. The van der Waals surface area contributed by atoms with Crippen molar-refractivity contribution in [3.8, 4) is 0 Å². The fourth-order valence-corrected chi connectivity index (χ4v) is 3.45. The number of carboxylic acids is 1. The molecule has 3 heterocycles. The van der Waals surface area contributed by atoms with E-state index in [0.29, 0.717) is 19.6 Å². The van der Waals surface area contributed by atoms with Gasteiger partial charge in [0, 0.05) is 39.3 Å². The van der Waals surface area contributed by atoms with Crippen LogP contribution in [-0.4, -0.2) is 103 Å². The number of morpholine rings is 1. The Bertz CT molecular complexity index is 427. The van der Waals surface area contributed by atoms with E-state index in [4.69, 9.17) is 14.6 Å².